The van der Waals surface area contributed by atoms with Gasteiger partial charge in [0.05, 0.1) is 24.7 Å². The molecule has 2 rings (SSSR count). The molecule has 0 aliphatic rings. The molecule has 0 heterocycles. The summed E-state index contributed by atoms with van der Waals surface area (Å²) in [6.45, 7) is 0.0358. The van der Waals surface area contributed by atoms with Gasteiger partial charge in [0.25, 0.3) is 0 Å². The van der Waals surface area contributed by atoms with E-state index in [0.29, 0.717) is 11.3 Å². The highest BCUT2D eigenvalue weighted by molar-refractivity contribution is 9.10. The molecule has 0 radical (unpaired) electrons. The molecule has 126 valence electrons. The van der Waals surface area contributed by atoms with Gasteiger partial charge in [0.15, 0.2) is 5.75 Å². The number of nitrogens with zero attached hydrogens (tertiary/aromatic N) is 1. The Balaban J connectivity index is 2.32. The van der Waals surface area contributed by atoms with Gasteiger partial charge in [-0.15, -0.1) is 0 Å². The van der Waals surface area contributed by atoms with E-state index >= 15 is 0 Å². The number of nitro benzene ring substituents is 1. The molecule has 0 amide bonds. The number of hydrogen-bond donors (Lipinski definition) is 0. The molecule has 24 heavy (non-hydrogen) atoms. The summed E-state index contributed by atoms with van der Waals surface area (Å²) in [4.78, 5) is 22.2. The zero-order valence-electron chi connectivity index (χ0n) is 12.9. The minimum absolute atomic E-state index is 0.0232. The van der Waals surface area contributed by atoms with Crippen LogP contribution >= 0.6 is 15.9 Å². The fourth-order valence-corrected chi connectivity index (χ4v) is 2.45. The van der Waals surface area contributed by atoms with E-state index in [2.05, 4.69) is 20.7 Å². The standard InChI is InChI=1S/C16H14BrNO6/c1-22-14-6-4-12(17)7-11(14)9-24-15-8-10(16(19)23-2)3-5-13(15)18(20)21/h3-8H,9H2,1-2H3. The molecule has 0 spiro atoms. The van der Waals surface area contributed by atoms with Crippen molar-refractivity contribution >= 4 is 27.6 Å². The predicted molar refractivity (Wildman–Crippen MR) is 89.5 cm³/mol. The number of halogens is 1. The van der Waals surface area contributed by atoms with Crippen LogP contribution in [0, 0.1) is 10.1 Å². The van der Waals surface area contributed by atoms with E-state index in [1.165, 1.54) is 32.4 Å². The van der Waals surface area contributed by atoms with E-state index in [9.17, 15) is 14.9 Å². The average molecular weight is 396 g/mol. The van der Waals surface area contributed by atoms with Crippen molar-refractivity contribution in [1.29, 1.82) is 0 Å². The van der Waals surface area contributed by atoms with Crippen molar-refractivity contribution in [2.45, 2.75) is 6.61 Å². The average Bonchev–Trinajstić information content (AvgIpc) is 2.58. The van der Waals surface area contributed by atoms with E-state index in [1.807, 2.05) is 6.07 Å². The maximum absolute atomic E-state index is 11.6. The Morgan fingerprint density at radius 2 is 1.92 bits per heavy atom. The van der Waals surface area contributed by atoms with Crippen molar-refractivity contribution in [3.8, 4) is 11.5 Å². The topological polar surface area (TPSA) is 87.9 Å². The first-order valence-corrected chi connectivity index (χ1v) is 7.57. The Morgan fingerprint density at radius 3 is 2.54 bits per heavy atom. The maximum Gasteiger partial charge on any atom is 0.337 e. The zero-order valence-corrected chi connectivity index (χ0v) is 14.5. The summed E-state index contributed by atoms with van der Waals surface area (Å²) in [5, 5.41) is 11.1. The van der Waals surface area contributed by atoms with Crippen LogP contribution in [0.5, 0.6) is 11.5 Å². The largest absolute Gasteiger partial charge is 0.496 e. The summed E-state index contributed by atoms with van der Waals surface area (Å²) < 4.78 is 16.2. The monoisotopic (exact) mass is 395 g/mol. The smallest absolute Gasteiger partial charge is 0.337 e. The number of carbonyl (C=O) groups is 1. The predicted octanol–water partition coefficient (Wildman–Crippen LogP) is 3.73. The number of ether oxygens (including phenoxy) is 3. The van der Waals surface area contributed by atoms with Crippen molar-refractivity contribution in [3.05, 3.63) is 62.1 Å². The van der Waals surface area contributed by atoms with Gasteiger partial charge in [0.1, 0.15) is 12.4 Å². The van der Waals surface area contributed by atoms with Gasteiger partial charge >= 0.3 is 11.7 Å². The van der Waals surface area contributed by atoms with E-state index in [0.717, 1.165) is 4.47 Å². The first-order chi connectivity index (χ1) is 11.5. The molecule has 0 aromatic heterocycles. The van der Waals surface area contributed by atoms with Crippen molar-refractivity contribution in [3.63, 3.8) is 0 Å². The van der Waals surface area contributed by atoms with Gasteiger partial charge in [-0.1, -0.05) is 15.9 Å². The first kappa shape index (κ1) is 17.7. The molecule has 7 nitrogen and oxygen atoms in total. The first-order valence-electron chi connectivity index (χ1n) is 6.78. The second kappa shape index (κ2) is 7.78. The van der Waals surface area contributed by atoms with Crippen LogP contribution in [-0.4, -0.2) is 25.1 Å². The van der Waals surface area contributed by atoms with E-state index in [1.54, 1.807) is 12.1 Å². The summed E-state index contributed by atoms with van der Waals surface area (Å²) in [6.07, 6.45) is 0. The van der Waals surface area contributed by atoms with Gasteiger partial charge in [-0.25, -0.2) is 4.79 Å². The van der Waals surface area contributed by atoms with E-state index < -0.39 is 10.9 Å². The van der Waals surface area contributed by atoms with Gasteiger partial charge in [-0.3, -0.25) is 10.1 Å². The maximum atomic E-state index is 11.6. The van der Waals surface area contributed by atoms with Crippen LogP contribution in [0.4, 0.5) is 5.69 Å². The number of benzene rings is 2. The van der Waals surface area contributed by atoms with Crippen LogP contribution in [0.25, 0.3) is 0 Å². The normalized spacial score (nSPS) is 10.1. The lowest BCUT2D eigenvalue weighted by Crippen LogP contribution is -2.05. The van der Waals surface area contributed by atoms with Gasteiger partial charge in [-0.2, -0.15) is 0 Å². The highest BCUT2D eigenvalue weighted by Gasteiger charge is 2.19. The molecule has 0 N–H and O–H groups in total. The highest BCUT2D eigenvalue weighted by Crippen LogP contribution is 2.31. The quantitative estimate of drug-likeness (QED) is 0.420. The third kappa shape index (κ3) is 4.02. The van der Waals surface area contributed by atoms with Crippen LogP contribution < -0.4 is 9.47 Å². The summed E-state index contributed by atoms with van der Waals surface area (Å²) in [6, 6.07) is 9.16. The van der Waals surface area contributed by atoms with Crippen molar-refractivity contribution in [2.24, 2.45) is 0 Å². The van der Waals surface area contributed by atoms with Crippen molar-refractivity contribution in [1.82, 2.24) is 0 Å². The highest BCUT2D eigenvalue weighted by atomic mass is 79.9. The van der Waals surface area contributed by atoms with Gasteiger partial charge in [0, 0.05) is 22.2 Å². The molecule has 0 aliphatic heterocycles. The second-order valence-corrected chi connectivity index (χ2v) is 5.59. The lowest BCUT2D eigenvalue weighted by atomic mass is 10.2. The molecule has 2 aromatic carbocycles. The number of hydrogen-bond acceptors (Lipinski definition) is 6. The van der Waals surface area contributed by atoms with Gasteiger partial charge in [0.2, 0.25) is 0 Å². The molecular weight excluding hydrogens is 382 g/mol. The van der Waals surface area contributed by atoms with Crippen LogP contribution in [0.3, 0.4) is 0 Å². The minimum atomic E-state index is -0.602. The lowest BCUT2D eigenvalue weighted by molar-refractivity contribution is -0.385. The third-order valence-corrected chi connectivity index (χ3v) is 3.70. The van der Waals surface area contributed by atoms with Crippen LogP contribution in [0.15, 0.2) is 40.9 Å². The van der Waals surface area contributed by atoms with Crippen LogP contribution in [0.2, 0.25) is 0 Å². The Bertz CT molecular complexity index is 777. The molecule has 0 bridgehead atoms. The van der Waals surface area contributed by atoms with Crippen LogP contribution in [0.1, 0.15) is 15.9 Å². The molecular formula is C16H14BrNO6. The zero-order chi connectivity index (χ0) is 17.7. The Labute approximate surface area is 146 Å². The van der Waals surface area contributed by atoms with Gasteiger partial charge in [-0.05, 0) is 24.3 Å². The summed E-state index contributed by atoms with van der Waals surface area (Å²) in [5.41, 5.74) is 0.626. The number of nitro groups is 1. The van der Waals surface area contributed by atoms with E-state index in [-0.39, 0.29) is 23.6 Å². The summed E-state index contributed by atoms with van der Waals surface area (Å²) in [5.74, 6) is -0.0373. The van der Waals surface area contributed by atoms with Gasteiger partial charge < -0.3 is 14.2 Å². The molecule has 8 heteroatoms. The molecule has 0 saturated heterocycles. The SMILES string of the molecule is COC(=O)c1ccc([N+](=O)[O-])c(OCc2cc(Br)ccc2OC)c1. The minimum Gasteiger partial charge on any atom is -0.496 e. The molecule has 0 atom stereocenters. The molecule has 2 aromatic rings. The fraction of sp³-hybridized carbons (Fsp3) is 0.188. The molecule has 0 saturated carbocycles. The summed E-state index contributed by atoms with van der Waals surface area (Å²) in [7, 11) is 2.75. The van der Waals surface area contributed by atoms with Crippen molar-refractivity contribution < 1.29 is 23.9 Å². The number of rotatable bonds is 6. The number of esters is 1. The Kier molecular flexibility index (Phi) is 5.75. The van der Waals surface area contributed by atoms with Crippen molar-refractivity contribution in [2.75, 3.05) is 14.2 Å². The lowest BCUT2D eigenvalue weighted by Gasteiger charge is -2.11. The molecule has 0 unspecified atom stereocenters. The Morgan fingerprint density at radius 1 is 1.17 bits per heavy atom. The third-order valence-electron chi connectivity index (χ3n) is 3.20. The molecule has 0 fully saturated rings. The number of methoxy groups -OCH3 is 2. The second-order valence-electron chi connectivity index (χ2n) is 4.68. The van der Waals surface area contributed by atoms with E-state index in [4.69, 9.17) is 9.47 Å². The summed E-state index contributed by atoms with van der Waals surface area (Å²) >= 11 is 3.35. The van der Waals surface area contributed by atoms with Crippen LogP contribution in [-0.2, 0) is 11.3 Å². The fourth-order valence-electron chi connectivity index (χ4n) is 2.04. The number of carbonyl (C=O) groups excluding carboxylic acids is 1. The Hall–Kier alpha value is -2.61. The molecule has 0 aliphatic carbocycles.